The lowest BCUT2D eigenvalue weighted by Gasteiger charge is -2.29. The van der Waals surface area contributed by atoms with Crippen LogP contribution in [0, 0.1) is 0 Å². The first-order valence-corrected chi connectivity index (χ1v) is 8.06. The Balaban J connectivity index is 1.90. The van der Waals surface area contributed by atoms with E-state index in [0.29, 0.717) is 0 Å². The lowest BCUT2D eigenvalue weighted by molar-refractivity contribution is -0.224. The highest BCUT2D eigenvalue weighted by atomic mass is 16.7. The zero-order valence-corrected chi connectivity index (χ0v) is 15.4. The van der Waals surface area contributed by atoms with Crippen molar-refractivity contribution in [3.63, 3.8) is 0 Å². The van der Waals surface area contributed by atoms with Crippen LogP contribution in [-0.2, 0) is 38.1 Å². The van der Waals surface area contributed by atoms with Gasteiger partial charge in [0.15, 0.2) is 0 Å². The Kier molecular flexibility index (Phi) is 4.29. The van der Waals surface area contributed by atoms with Crippen molar-refractivity contribution in [3.05, 3.63) is 28.5 Å². The Morgan fingerprint density at radius 2 is 1.14 bits per heavy atom. The molecule has 0 radical (unpaired) electrons. The van der Waals surface area contributed by atoms with Crippen LogP contribution in [0.4, 0.5) is 0 Å². The van der Waals surface area contributed by atoms with Crippen LogP contribution in [-0.4, -0.2) is 40.6 Å². The Morgan fingerprint density at radius 3 is 1.57 bits per heavy atom. The number of ether oxygens (including phenoxy) is 4. The molecule has 2 aliphatic heterocycles. The van der Waals surface area contributed by atoms with Gasteiger partial charge in [-0.2, -0.15) is 0 Å². The summed E-state index contributed by atoms with van der Waals surface area (Å²) in [7, 11) is 0. The molecule has 2 saturated heterocycles. The quantitative estimate of drug-likeness (QED) is 0.446. The molecule has 148 valence electrons. The third kappa shape index (κ3) is 3.75. The molecule has 3 heterocycles. The fourth-order valence-electron chi connectivity index (χ4n) is 2.44. The standard InChI is InChI=1S/C18H16O10/c1-17(2)25-13(20)10(14(21)26-17)6-8-5-9(24-12(8)19)7-11-15(22)27-18(3,4)28-16(11)23/h5-7,19H,1-4H3. The fourth-order valence-corrected chi connectivity index (χ4v) is 2.44. The molecule has 0 saturated carbocycles. The van der Waals surface area contributed by atoms with Crippen LogP contribution >= 0.6 is 0 Å². The fraction of sp³-hybridized carbons (Fsp3) is 0.333. The minimum Gasteiger partial charge on any atom is -0.480 e. The maximum absolute atomic E-state index is 12.0. The maximum Gasteiger partial charge on any atom is 0.348 e. The van der Waals surface area contributed by atoms with Gasteiger partial charge in [0.25, 0.3) is 17.5 Å². The first kappa shape index (κ1) is 19.2. The second-order valence-corrected chi connectivity index (χ2v) is 6.88. The van der Waals surface area contributed by atoms with E-state index in [9.17, 15) is 24.3 Å². The zero-order valence-electron chi connectivity index (χ0n) is 15.4. The van der Waals surface area contributed by atoms with Crippen molar-refractivity contribution >= 4 is 36.0 Å². The minimum atomic E-state index is -1.41. The molecule has 3 rings (SSSR count). The number of cyclic esters (lactones) is 4. The number of rotatable bonds is 2. The Labute approximate surface area is 158 Å². The highest BCUT2D eigenvalue weighted by molar-refractivity contribution is 6.19. The summed E-state index contributed by atoms with van der Waals surface area (Å²) in [6.45, 7) is 5.57. The van der Waals surface area contributed by atoms with Crippen molar-refractivity contribution in [1.29, 1.82) is 0 Å². The summed E-state index contributed by atoms with van der Waals surface area (Å²) < 4.78 is 24.8. The van der Waals surface area contributed by atoms with E-state index in [2.05, 4.69) is 0 Å². The van der Waals surface area contributed by atoms with E-state index in [0.717, 1.165) is 12.2 Å². The SMILES string of the molecule is CC1(C)OC(=O)C(=Cc2cc(C=C3C(=O)OC(C)(C)OC3=O)c(O)o2)C(=O)O1. The van der Waals surface area contributed by atoms with E-state index >= 15 is 0 Å². The summed E-state index contributed by atoms with van der Waals surface area (Å²) in [5.41, 5.74) is -0.994. The van der Waals surface area contributed by atoms with Crippen LogP contribution in [0.5, 0.6) is 5.95 Å². The van der Waals surface area contributed by atoms with E-state index in [1.54, 1.807) is 0 Å². The molecule has 2 fully saturated rings. The topological polar surface area (TPSA) is 139 Å². The Morgan fingerprint density at radius 1 is 0.750 bits per heavy atom. The maximum atomic E-state index is 12.0. The van der Waals surface area contributed by atoms with Crippen LogP contribution in [0.1, 0.15) is 39.0 Å². The first-order chi connectivity index (χ1) is 12.9. The molecule has 2 aliphatic rings. The average molecular weight is 392 g/mol. The van der Waals surface area contributed by atoms with Crippen molar-refractivity contribution in [2.45, 2.75) is 39.3 Å². The van der Waals surface area contributed by atoms with Gasteiger partial charge >= 0.3 is 23.9 Å². The van der Waals surface area contributed by atoms with Crippen LogP contribution in [0.2, 0.25) is 0 Å². The highest BCUT2D eigenvalue weighted by Crippen LogP contribution is 2.31. The van der Waals surface area contributed by atoms with Crippen molar-refractivity contribution in [1.82, 2.24) is 0 Å². The molecular formula is C18H16O10. The second kappa shape index (κ2) is 6.25. The predicted octanol–water partition coefficient (Wildman–Crippen LogP) is 1.42. The third-order valence-corrected chi connectivity index (χ3v) is 3.58. The molecule has 0 aromatic carbocycles. The lowest BCUT2D eigenvalue weighted by Crippen LogP contribution is -2.41. The Hall–Kier alpha value is -3.56. The van der Waals surface area contributed by atoms with Crippen LogP contribution in [0.15, 0.2) is 21.6 Å². The summed E-state index contributed by atoms with van der Waals surface area (Å²) in [6, 6.07) is 1.19. The number of esters is 4. The normalized spacial score (nSPS) is 20.7. The molecule has 0 unspecified atom stereocenters. The average Bonchev–Trinajstić information content (AvgIpc) is 2.85. The van der Waals surface area contributed by atoms with Gasteiger partial charge in [0.05, 0.1) is 5.56 Å². The van der Waals surface area contributed by atoms with E-state index in [1.165, 1.54) is 33.8 Å². The molecular weight excluding hydrogens is 376 g/mol. The second-order valence-electron chi connectivity index (χ2n) is 6.88. The molecule has 0 aliphatic carbocycles. The lowest BCUT2D eigenvalue weighted by atomic mass is 10.1. The van der Waals surface area contributed by atoms with Crippen LogP contribution in [0.25, 0.3) is 12.2 Å². The molecule has 0 atom stereocenters. The van der Waals surface area contributed by atoms with Gasteiger partial charge in [-0.15, -0.1) is 0 Å². The highest BCUT2D eigenvalue weighted by Gasteiger charge is 2.40. The summed E-state index contributed by atoms with van der Waals surface area (Å²) in [6.07, 6.45) is 2.00. The summed E-state index contributed by atoms with van der Waals surface area (Å²) in [5.74, 6) is -7.34. The molecule has 0 bridgehead atoms. The molecule has 10 nitrogen and oxygen atoms in total. The molecule has 1 aromatic rings. The number of hydrogen-bond acceptors (Lipinski definition) is 10. The molecule has 0 spiro atoms. The van der Waals surface area contributed by atoms with Gasteiger partial charge in [-0.3, -0.25) is 0 Å². The van der Waals surface area contributed by atoms with E-state index in [-0.39, 0.29) is 11.3 Å². The predicted molar refractivity (Wildman–Crippen MR) is 88.9 cm³/mol. The van der Waals surface area contributed by atoms with Crippen molar-refractivity contribution in [2.24, 2.45) is 0 Å². The van der Waals surface area contributed by atoms with Crippen LogP contribution < -0.4 is 0 Å². The van der Waals surface area contributed by atoms with E-state index in [4.69, 9.17) is 23.4 Å². The molecule has 0 amide bonds. The smallest absolute Gasteiger partial charge is 0.348 e. The summed E-state index contributed by atoms with van der Waals surface area (Å²) in [4.78, 5) is 47.8. The molecule has 28 heavy (non-hydrogen) atoms. The van der Waals surface area contributed by atoms with Gasteiger partial charge in [0.1, 0.15) is 16.9 Å². The van der Waals surface area contributed by atoms with Crippen molar-refractivity contribution < 1.29 is 47.6 Å². The third-order valence-electron chi connectivity index (χ3n) is 3.58. The number of carbonyl (C=O) groups excluding carboxylic acids is 4. The number of aromatic hydroxyl groups is 1. The van der Waals surface area contributed by atoms with Gasteiger partial charge in [0.2, 0.25) is 0 Å². The summed E-state index contributed by atoms with van der Waals surface area (Å²) >= 11 is 0. The summed E-state index contributed by atoms with van der Waals surface area (Å²) in [5, 5.41) is 9.90. The van der Waals surface area contributed by atoms with E-state index in [1.807, 2.05) is 0 Å². The Bertz CT molecular complexity index is 913. The first-order valence-electron chi connectivity index (χ1n) is 8.06. The largest absolute Gasteiger partial charge is 0.480 e. The molecule has 10 heteroatoms. The van der Waals surface area contributed by atoms with Gasteiger partial charge in [0, 0.05) is 33.8 Å². The molecule has 1 N–H and O–H groups in total. The van der Waals surface area contributed by atoms with Gasteiger partial charge in [-0.05, 0) is 12.1 Å². The number of furan rings is 1. The van der Waals surface area contributed by atoms with Gasteiger partial charge in [-0.1, -0.05) is 0 Å². The van der Waals surface area contributed by atoms with Crippen molar-refractivity contribution in [2.75, 3.05) is 0 Å². The van der Waals surface area contributed by atoms with Gasteiger partial charge in [-0.25, -0.2) is 19.2 Å². The van der Waals surface area contributed by atoms with Crippen LogP contribution in [0.3, 0.4) is 0 Å². The minimum absolute atomic E-state index is 0.0756. The number of carbonyl (C=O) groups is 4. The van der Waals surface area contributed by atoms with Crippen molar-refractivity contribution in [3.8, 4) is 5.95 Å². The van der Waals surface area contributed by atoms with Gasteiger partial charge < -0.3 is 28.5 Å². The number of hydrogen-bond donors (Lipinski definition) is 1. The van der Waals surface area contributed by atoms with E-state index < -0.39 is 52.5 Å². The monoisotopic (exact) mass is 392 g/mol. The zero-order chi connectivity index (χ0) is 20.9. The molecule has 1 aromatic heterocycles.